The van der Waals surface area contributed by atoms with Crippen molar-refractivity contribution in [3.63, 3.8) is 0 Å². The molecular formula is C21H21N3OS. The van der Waals surface area contributed by atoms with E-state index in [9.17, 15) is 4.79 Å². The highest BCUT2D eigenvalue weighted by molar-refractivity contribution is 7.13. The maximum atomic E-state index is 12.6. The molecule has 0 spiro atoms. The third kappa shape index (κ3) is 3.44. The molecule has 0 bridgehead atoms. The fraction of sp³-hybridized carbons (Fsp3) is 0.190. The highest BCUT2D eigenvalue weighted by Crippen LogP contribution is 2.30. The van der Waals surface area contributed by atoms with Crippen LogP contribution < -0.4 is 16.0 Å². The highest BCUT2D eigenvalue weighted by atomic mass is 32.1. The van der Waals surface area contributed by atoms with Gasteiger partial charge in [-0.25, -0.2) is 0 Å². The van der Waals surface area contributed by atoms with Gasteiger partial charge in [0, 0.05) is 29.2 Å². The fourth-order valence-corrected chi connectivity index (χ4v) is 3.98. The molecule has 4 rings (SSSR count). The minimum Gasteiger partial charge on any atom is -0.397 e. The molecule has 1 amide bonds. The van der Waals surface area contributed by atoms with E-state index in [1.165, 1.54) is 18.5 Å². The Hall–Kier alpha value is -2.79. The second-order valence-electron chi connectivity index (χ2n) is 6.47. The number of amides is 1. The average Bonchev–Trinajstić information content (AvgIpc) is 3.38. The van der Waals surface area contributed by atoms with E-state index >= 15 is 0 Å². The molecule has 3 aromatic rings. The number of nitrogens with two attached hydrogens (primary N) is 1. The molecule has 0 saturated carbocycles. The highest BCUT2D eigenvalue weighted by Gasteiger charge is 2.14. The Morgan fingerprint density at radius 3 is 2.50 bits per heavy atom. The fourth-order valence-electron chi connectivity index (χ4n) is 3.25. The summed E-state index contributed by atoms with van der Waals surface area (Å²) in [5, 5.41) is 4.98. The third-order valence-corrected chi connectivity index (χ3v) is 5.63. The molecule has 1 aliphatic heterocycles. The van der Waals surface area contributed by atoms with Crippen LogP contribution in [-0.2, 0) is 0 Å². The Morgan fingerprint density at radius 2 is 1.81 bits per heavy atom. The standard InChI is InChI=1S/C21H21N3OS/c22-18-10-7-16(20-4-3-13-26-20)14-19(18)23-21(25)15-5-8-17(9-6-15)24-11-1-2-12-24/h3-10,13-14H,1-2,11-12,22H2,(H,23,25). The normalized spacial score (nSPS) is 13.8. The van der Waals surface area contributed by atoms with Crippen LogP contribution in [0.15, 0.2) is 60.0 Å². The molecular weight excluding hydrogens is 342 g/mol. The van der Waals surface area contributed by atoms with Crippen molar-refractivity contribution in [2.75, 3.05) is 29.0 Å². The smallest absolute Gasteiger partial charge is 0.255 e. The second-order valence-corrected chi connectivity index (χ2v) is 7.42. The van der Waals surface area contributed by atoms with Gasteiger partial charge in [0.1, 0.15) is 0 Å². The Labute approximate surface area is 157 Å². The molecule has 3 N–H and O–H groups in total. The number of hydrogen-bond acceptors (Lipinski definition) is 4. The predicted molar refractivity (Wildman–Crippen MR) is 110 cm³/mol. The van der Waals surface area contributed by atoms with Gasteiger partial charge in [-0.3, -0.25) is 4.79 Å². The summed E-state index contributed by atoms with van der Waals surface area (Å²) in [4.78, 5) is 16.1. The molecule has 0 unspecified atom stereocenters. The van der Waals surface area contributed by atoms with Gasteiger partial charge in [-0.15, -0.1) is 11.3 Å². The molecule has 1 saturated heterocycles. The van der Waals surface area contributed by atoms with Crippen LogP contribution in [0.25, 0.3) is 10.4 Å². The molecule has 1 aromatic heterocycles. The monoisotopic (exact) mass is 363 g/mol. The number of anilines is 3. The number of nitrogens with one attached hydrogen (secondary N) is 1. The lowest BCUT2D eigenvalue weighted by Crippen LogP contribution is -2.18. The molecule has 1 aliphatic rings. The van der Waals surface area contributed by atoms with Crippen LogP contribution in [0, 0.1) is 0 Å². The van der Waals surface area contributed by atoms with Gasteiger partial charge in [-0.05, 0) is 66.2 Å². The molecule has 0 radical (unpaired) electrons. The van der Waals surface area contributed by atoms with Crippen molar-refractivity contribution in [1.29, 1.82) is 0 Å². The van der Waals surface area contributed by atoms with Gasteiger partial charge in [-0.1, -0.05) is 12.1 Å². The van der Waals surface area contributed by atoms with Crippen LogP contribution in [0.2, 0.25) is 0 Å². The number of rotatable bonds is 4. The molecule has 0 aliphatic carbocycles. The summed E-state index contributed by atoms with van der Waals surface area (Å²) in [5.74, 6) is -0.145. The first-order chi connectivity index (χ1) is 12.7. The number of carbonyl (C=O) groups is 1. The van der Waals surface area contributed by atoms with Gasteiger partial charge < -0.3 is 16.0 Å². The van der Waals surface area contributed by atoms with E-state index < -0.39 is 0 Å². The van der Waals surface area contributed by atoms with Gasteiger partial charge in [0.25, 0.3) is 5.91 Å². The number of hydrogen-bond donors (Lipinski definition) is 2. The lowest BCUT2D eigenvalue weighted by molar-refractivity contribution is 0.102. The maximum Gasteiger partial charge on any atom is 0.255 e. The molecule has 2 heterocycles. The largest absolute Gasteiger partial charge is 0.397 e. The summed E-state index contributed by atoms with van der Waals surface area (Å²) >= 11 is 1.66. The van der Waals surface area contributed by atoms with Gasteiger partial charge in [0.05, 0.1) is 11.4 Å². The van der Waals surface area contributed by atoms with E-state index in [1.54, 1.807) is 11.3 Å². The van der Waals surface area contributed by atoms with E-state index in [2.05, 4.69) is 16.3 Å². The molecule has 26 heavy (non-hydrogen) atoms. The Morgan fingerprint density at radius 1 is 1.04 bits per heavy atom. The zero-order valence-corrected chi connectivity index (χ0v) is 15.3. The maximum absolute atomic E-state index is 12.6. The number of benzene rings is 2. The van der Waals surface area contributed by atoms with E-state index in [1.807, 2.05) is 53.9 Å². The van der Waals surface area contributed by atoms with Crippen molar-refractivity contribution < 1.29 is 4.79 Å². The van der Waals surface area contributed by atoms with Crippen molar-refractivity contribution in [1.82, 2.24) is 0 Å². The summed E-state index contributed by atoms with van der Waals surface area (Å²) in [6, 6.07) is 17.6. The van der Waals surface area contributed by atoms with Crippen LogP contribution in [-0.4, -0.2) is 19.0 Å². The second kappa shape index (κ2) is 7.22. The van der Waals surface area contributed by atoms with Crippen molar-refractivity contribution in [3.8, 4) is 10.4 Å². The Kier molecular flexibility index (Phi) is 4.63. The number of nitrogens with zero attached hydrogens (tertiary/aromatic N) is 1. The summed E-state index contributed by atoms with van der Waals surface area (Å²) in [6.07, 6.45) is 2.48. The molecule has 1 fully saturated rings. The molecule has 132 valence electrons. The van der Waals surface area contributed by atoms with Crippen LogP contribution in [0.5, 0.6) is 0 Å². The molecule has 0 atom stereocenters. The summed E-state index contributed by atoms with van der Waals surface area (Å²) in [5.41, 5.74) is 10.1. The van der Waals surface area contributed by atoms with Gasteiger partial charge >= 0.3 is 0 Å². The minimum atomic E-state index is -0.145. The first-order valence-corrected chi connectivity index (χ1v) is 9.68. The predicted octanol–water partition coefficient (Wildman–Crippen LogP) is 4.85. The summed E-state index contributed by atoms with van der Waals surface area (Å²) in [6.45, 7) is 2.19. The van der Waals surface area contributed by atoms with E-state index in [0.717, 1.165) is 23.5 Å². The van der Waals surface area contributed by atoms with E-state index in [-0.39, 0.29) is 5.91 Å². The van der Waals surface area contributed by atoms with Crippen LogP contribution in [0.3, 0.4) is 0 Å². The number of thiophene rings is 1. The van der Waals surface area contributed by atoms with Crippen molar-refractivity contribution in [3.05, 3.63) is 65.5 Å². The van der Waals surface area contributed by atoms with Crippen LogP contribution >= 0.6 is 11.3 Å². The molecule has 2 aromatic carbocycles. The average molecular weight is 363 g/mol. The van der Waals surface area contributed by atoms with Crippen molar-refractivity contribution in [2.45, 2.75) is 12.8 Å². The summed E-state index contributed by atoms with van der Waals surface area (Å²) in [7, 11) is 0. The Balaban J connectivity index is 1.51. The summed E-state index contributed by atoms with van der Waals surface area (Å²) < 4.78 is 0. The zero-order chi connectivity index (χ0) is 17.9. The first kappa shape index (κ1) is 16.7. The quantitative estimate of drug-likeness (QED) is 0.652. The topological polar surface area (TPSA) is 58.4 Å². The van der Waals surface area contributed by atoms with Crippen LogP contribution in [0.4, 0.5) is 17.1 Å². The zero-order valence-electron chi connectivity index (χ0n) is 14.4. The lowest BCUT2D eigenvalue weighted by Gasteiger charge is -2.17. The lowest BCUT2D eigenvalue weighted by atomic mass is 10.1. The van der Waals surface area contributed by atoms with Crippen molar-refractivity contribution >= 4 is 34.3 Å². The van der Waals surface area contributed by atoms with Gasteiger partial charge in [0.2, 0.25) is 0 Å². The first-order valence-electron chi connectivity index (χ1n) is 8.80. The van der Waals surface area contributed by atoms with E-state index in [0.29, 0.717) is 16.9 Å². The third-order valence-electron chi connectivity index (χ3n) is 4.71. The van der Waals surface area contributed by atoms with Gasteiger partial charge in [0.15, 0.2) is 0 Å². The van der Waals surface area contributed by atoms with Crippen LogP contribution in [0.1, 0.15) is 23.2 Å². The van der Waals surface area contributed by atoms with Crippen molar-refractivity contribution in [2.24, 2.45) is 0 Å². The number of nitrogen functional groups attached to an aromatic ring is 1. The molecule has 4 nitrogen and oxygen atoms in total. The Bertz CT molecular complexity index is 898. The SMILES string of the molecule is Nc1ccc(-c2cccs2)cc1NC(=O)c1ccc(N2CCCC2)cc1. The molecule has 5 heteroatoms. The number of carbonyl (C=O) groups excluding carboxylic acids is 1. The van der Waals surface area contributed by atoms with E-state index in [4.69, 9.17) is 5.73 Å². The van der Waals surface area contributed by atoms with Gasteiger partial charge in [-0.2, -0.15) is 0 Å². The minimum absolute atomic E-state index is 0.145.